The van der Waals surface area contributed by atoms with Gasteiger partial charge < -0.3 is 14.9 Å². The maximum absolute atomic E-state index is 7.91. The number of aliphatic hydroxyl groups is 2. The third-order valence-corrected chi connectivity index (χ3v) is 0.520. The molecule has 9 heavy (non-hydrogen) atoms. The smallest absolute Gasteiger partial charge is 0.0701 e. The minimum Gasteiger partial charge on any atom is -0.396 e. The van der Waals surface area contributed by atoms with Crippen molar-refractivity contribution in [2.45, 2.75) is 13.8 Å². The molecule has 0 aliphatic carbocycles. The van der Waals surface area contributed by atoms with E-state index < -0.39 is 0 Å². The van der Waals surface area contributed by atoms with Crippen LogP contribution in [0.1, 0.15) is 13.8 Å². The van der Waals surface area contributed by atoms with Crippen LogP contribution in [-0.2, 0) is 4.74 Å². The van der Waals surface area contributed by atoms with Crippen LogP contribution in [0.4, 0.5) is 0 Å². The largest absolute Gasteiger partial charge is 0.396 e. The first kappa shape index (κ1) is 11.6. The van der Waals surface area contributed by atoms with Crippen LogP contribution in [0, 0.1) is 0 Å². The molecule has 0 radical (unpaired) electrons. The molecular weight excluding hydrogens is 120 g/mol. The molecule has 0 atom stereocenters. The van der Waals surface area contributed by atoms with Gasteiger partial charge in [-0.1, -0.05) is 7.43 Å². The lowest BCUT2D eigenvalue weighted by Crippen LogP contribution is -1.85. The zero-order valence-corrected chi connectivity index (χ0v) is 4.84. The Morgan fingerprint density at radius 1 is 1.11 bits per heavy atom. The third-order valence-electron chi connectivity index (χ3n) is 0.520. The molecule has 1 aliphatic rings. The molecule has 3 nitrogen and oxygen atoms in total. The van der Waals surface area contributed by atoms with Crippen molar-refractivity contribution in [1.82, 2.24) is 0 Å². The summed E-state index contributed by atoms with van der Waals surface area (Å²) in [5, 5.41) is 15.8. The number of ether oxygens (including phenoxy) is 1. The predicted octanol–water partition coefficient (Wildman–Crippen LogP) is 0.0138. The van der Waals surface area contributed by atoms with Crippen LogP contribution in [0.5, 0.6) is 0 Å². The van der Waals surface area contributed by atoms with Crippen LogP contribution in [0.25, 0.3) is 0 Å². The number of hydrogen-bond donors (Lipinski definition) is 2. The van der Waals surface area contributed by atoms with E-state index in [4.69, 9.17) is 10.2 Å². The maximum atomic E-state index is 7.91. The SMILES string of the molecule is C.C1CO1.OCCCO. The summed E-state index contributed by atoms with van der Waals surface area (Å²) < 4.78 is 4.50. The average Bonchev–Trinajstić information content (AvgIpc) is 2.50. The molecule has 0 amide bonds. The van der Waals surface area contributed by atoms with Crippen molar-refractivity contribution in [1.29, 1.82) is 0 Å². The predicted molar refractivity (Wildman–Crippen MR) is 36.3 cm³/mol. The third kappa shape index (κ3) is 32.8. The van der Waals surface area contributed by atoms with E-state index in [2.05, 4.69) is 4.74 Å². The Balaban J connectivity index is 0. The van der Waals surface area contributed by atoms with E-state index in [9.17, 15) is 0 Å². The summed E-state index contributed by atoms with van der Waals surface area (Å²) >= 11 is 0. The summed E-state index contributed by atoms with van der Waals surface area (Å²) in [7, 11) is 0. The van der Waals surface area contributed by atoms with Gasteiger partial charge in [0.2, 0.25) is 0 Å². The number of hydrogen-bond acceptors (Lipinski definition) is 3. The van der Waals surface area contributed by atoms with Crippen LogP contribution < -0.4 is 0 Å². The number of aliphatic hydroxyl groups excluding tert-OH is 2. The molecule has 1 fully saturated rings. The Morgan fingerprint density at radius 3 is 1.44 bits per heavy atom. The van der Waals surface area contributed by atoms with Gasteiger partial charge in [0.15, 0.2) is 0 Å². The number of rotatable bonds is 2. The van der Waals surface area contributed by atoms with E-state index in [1.54, 1.807) is 0 Å². The van der Waals surface area contributed by atoms with E-state index in [1.807, 2.05) is 0 Å². The molecule has 0 aromatic carbocycles. The van der Waals surface area contributed by atoms with Crippen molar-refractivity contribution >= 4 is 0 Å². The van der Waals surface area contributed by atoms with Gasteiger partial charge >= 0.3 is 0 Å². The molecule has 0 saturated carbocycles. The monoisotopic (exact) mass is 136 g/mol. The number of epoxide rings is 1. The van der Waals surface area contributed by atoms with Crippen molar-refractivity contribution in [3.05, 3.63) is 0 Å². The Labute approximate surface area is 56.3 Å². The van der Waals surface area contributed by atoms with Gasteiger partial charge in [-0.2, -0.15) is 0 Å². The summed E-state index contributed by atoms with van der Waals surface area (Å²) in [6, 6.07) is 0. The van der Waals surface area contributed by atoms with Crippen LogP contribution in [-0.4, -0.2) is 36.6 Å². The second-order valence-corrected chi connectivity index (χ2v) is 1.41. The lowest BCUT2D eigenvalue weighted by Gasteiger charge is -1.79. The average molecular weight is 136 g/mol. The summed E-state index contributed by atoms with van der Waals surface area (Å²) in [4.78, 5) is 0. The quantitative estimate of drug-likeness (QED) is 0.526. The fraction of sp³-hybridized carbons (Fsp3) is 1.00. The highest BCUT2D eigenvalue weighted by atomic mass is 16.6. The van der Waals surface area contributed by atoms with Gasteiger partial charge in [-0.3, -0.25) is 0 Å². The van der Waals surface area contributed by atoms with Crippen molar-refractivity contribution in [2.75, 3.05) is 26.4 Å². The molecule has 1 saturated heterocycles. The van der Waals surface area contributed by atoms with Crippen molar-refractivity contribution in [2.24, 2.45) is 0 Å². The zero-order chi connectivity index (χ0) is 6.24. The lowest BCUT2D eigenvalue weighted by molar-refractivity contribution is 0.221. The molecule has 3 heteroatoms. The highest BCUT2D eigenvalue weighted by Crippen LogP contribution is 1.84. The van der Waals surface area contributed by atoms with Gasteiger partial charge in [0.1, 0.15) is 0 Å². The van der Waals surface area contributed by atoms with E-state index in [-0.39, 0.29) is 20.6 Å². The molecule has 0 spiro atoms. The van der Waals surface area contributed by atoms with Gasteiger partial charge in [-0.05, 0) is 6.42 Å². The maximum Gasteiger partial charge on any atom is 0.0701 e. The van der Waals surface area contributed by atoms with Crippen LogP contribution in [0.3, 0.4) is 0 Å². The Morgan fingerprint density at radius 2 is 1.44 bits per heavy atom. The Bertz CT molecular complexity index is 32.5. The first-order chi connectivity index (χ1) is 3.91. The first-order valence-corrected chi connectivity index (χ1v) is 2.71. The summed E-state index contributed by atoms with van der Waals surface area (Å²) in [6.07, 6.45) is 0.500. The standard InChI is InChI=1S/C3H8O2.C2H4O.CH4/c4-2-1-3-5;1-2-3-1;/h4-5H,1-3H2;1-2H2;1H4. The fourth-order valence-electron chi connectivity index (χ4n) is 0.0707. The van der Waals surface area contributed by atoms with Crippen molar-refractivity contribution in [3.8, 4) is 0 Å². The summed E-state index contributed by atoms with van der Waals surface area (Å²) in [6.45, 7) is 2.19. The molecule has 1 rings (SSSR count). The van der Waals surface area contributed by atoms with Gasteiger partial charge in [-0.15, -0.1) is 0 Å². The minimum atomic E-state index is 0. The highest BCUT2D eigenvalue weighted by molar-refractivity contribution is 4.36. The second-order valence-electron chi connectivity index (χ2n) is 1.41. The zero-order valence-electron chi connectivity index (χ0n) is 4.84. The summed E-state index contributed by atoms with van der Waals surface area (Å²) in [5.74, 6) is 0. The van der Waals surface area contributed by atoms with Gasteiger partial charge in [0.05, 0.1) is 13.2 Å². The minimum absolute atomic E-state index is 0. The van der Waals surface area contributed by atoms with Gasteiger partial charge in [-0.25, -0.2) is 0 Å². The fourth-order valence-corrected chi connectivity index (χ4v) is 0.0707. The molecule has 0 bridgehead atoms. The topological polar surface area (TPSA) is 53.0 Å². The first-order valence-electron chi connectivity index (χ1n) is 2.71. The van der Waals surface area contributed by atoms with E-state index >= 15 is 0 Å². The van der Waals surface area contributed by atoms with E-state index in [0.717, 1.165) is 13.2 Å². The Kier molecular flexibility index (Phi) is 14.0. The molecule has 1 aliphatic heterocycles. The molecule has 58 valence electrons. The summed E-state index contributed by atoms with van der Waals surface area (Å²) in [5.41, 5.74) is 0. The lowest BCUT2D eigenvalue weighted by atomic mass is 10.5. The van der Waals surface area contributed by atoms with E-state index in [1.165, 1.54) is 0 Å². The molecule has 0 unspecified atom stereocenters. The Hall–Kier alpha value is -0.120. The van der Waals surface area contributed by atoms with Crippen LogP contribution >= 0.6 is 0 Å². The molecule has 2 N–H and O–H groups in total. The van der Waals surface area contributed by atoms with Gasteiger partial charge in [0.25, 0.3) is 0 Å². The van der Waals surface area contributed by atoms with Crippen molar-refractivity contribution in [3.63, 3.8) is 0 Å². The molecule has 0 aromatic heterocycles. The molecular formula is C6H16O3. The molecule has 1 heterocycles. The van der Waals surface area contributed by atoms with Crippen LogP contribution in [0.15, 0.2) is 0 Å². The van der Waals surface area contributed by atoms with Gasteiger partial charge in [0, 0.05) is 13.2 Å². The van der Waals surface area contributed by atoms with E-state index in [0.29, 0.717) is 6.42 Å². The van der Waals surface area contributed by atoms with Crippen LogP contribution in [0.2, 0.25) is 0 Å². The molecule has 0 aromatic rings. The highest BCUT2D eigenvalue weighted by Gasteiger charge is 1.94. The normalized spacial score (nSPS) is 12.7. The second kappa shape index (κ2) is 10.8. The van der Waals surface area contributed by atoms with Crippen molar-refractivity contribution < 1.29 is 14.9 Å².